The SMILES string of the molecule is C/C=C(\C)Sc1c2n(c3cc(F)cc(S(C)(=O)=O)c13)CCCC2CC(=O)O. The van der Waals surface area contributed by atoms with E-state index in [1.165, 1.54) is 17.8 Å². The van der Waals surface area contributed by atoms with Crippen LogP contribution in [0.5, 0.6) is 0 Å². The second-order valence-electron chi connectivity index (χ2n) is 6.87. The summed E-state index contributed by atoms with van der Waals surface area (Å²) in [6, 6.07) is 2.41. The van der Waals surface area contributed by atoms with Gasteiger partial charge >= 0.3 is 5.97 Å². The molecule has 0 saturated carbocycles. The fourth-order valence-corrected chi connectivity index (χ4v) is 5.80. The number of nitrogens with zero attached hydrogens (tertiary/aromatic N) is 1. The minimum Gasteiger partial charge on any atom is -0.481 e. The number of carboxylic acids is 1. The fraction of sp³-hybridized carbons (Fsp3) is 0.421. The molecule has 3 rings (SSSR count). The average molecular weight is 412 g/mol. The Morgan fingerprint density at radius 2 is 2.15 bits per heavy atom. The summed E-state index contributed by atoms with van der Waals surface area (Å²) >= 11 is 1.42. The van der Waals surface area contributed by atoms with Gasteiger partial charge in [-0.3, -0.25) is 4.79 Å². The molecule has 0 amide bonds. The van der Waals surface area contributed by atoms with Gasteiger partial charge in [-0.1, -0.05) is 17.8 Å². The van der Waals surface area contributed by atoms with Gasteiger partial charge in [0.1, 0.15) is 5.82 Å². The van der Waals surface area contributed by atoms with Gasteiger partial charge in [0.05, 0.1) is 16.8 Å². The summed E-state index contributed by atoms with van der Waals surface area (Å²) in [4.78, 5) is 13.0. The Labute approximate surface area is 162 Å². The summed E-state index contributed by atoms with van der Waals surface area (Å²) in [7, 11) is -3.66. The van der Waals surface area contributed by atoms with Crippen LogP contribution in [0.2, 0.25) is 0 Å². The highest BCUT2D eigenvalue weighted by atomic mass is 32.2. The quantitative estimate of drug-likeness (QED) is 0.731. The Kier molecular flexibility index (Phi) is 5.40. The molecular weight excluding hydrogens is 389 g/mol. The van der Waals surface area contributed by atoms with Gasteiger partial charge < -0.3 is 9.67 Å². The first-order chi connectivity index (χ1) is 12.6. The highest BCUT2D eigenvalue weighted by molar-refractivity contribution is 8.03. The van der Waals surface area contributed by atoms with Crippen LogP contribution in [-0.4, -0.2) is 30.3 Å². The lowest BCUT2D eigenvalue weighted by atomic mass is 9.93. The molecule has 0 spiro atoms. The minimum absolute atomic E-state index is 0.0323. The van der Waals surface area contributed by atoms with E-state index >= 15 is 0 Å². The number of carbonyl (C=O) groups is 1. The molecular formula is C19H22FNO4S2. The van der Waals surface area contributed by atoms with E-state index in [-0.39, 0.29) is 17.2 Å². The maximum atomic E-state index is 14.3. The predicted molar refractivity (Wildman–Crippen MR) is 105 cm³/mol. The molecule has 0 radical (unpaired) electrons. The van der Waals surface area contributed by atoms with Gasteiger partial charge in [0.25, 0.3) is 0 Å². The van der Waals surface area contributed by atoms with Crippen LogP contribution in [0.4, 0.5) is 4.39 Å². The van der Waals surface area contributed by atoms with E-state index in [9.17, 15) is 22.7 Å². The normalized spacial score (nSPS) is 17.9. The number of benzene rings is 1. The molecule has 0 bridgehead atoms. The molecule has 1 atom stereocenters. The molecule has 5 nitrogen and oxygen atoms in total. The van der Waals surface area contributed by atoms with Crippen LogP contribution in [0.15, 0.2) is 32.9 Å². The van der Waals surface area contributed by atoms with Crippen molar-refractivity contribution in [3.63, 3.8) is 0 Å². The Morgan fingerprint density at radius 3 is 2.74 bits per heavy atom. The first-order valence-corrected chi connectivity index (χ1v) is 11.4. The molecule has 1 aliphatic rings. The summed E-state index contributed by atoms with van der Waals surface area (Å²) in [6.45, 7) is 4.42. The molecule has 8 heteroatoms. The van der Waals surface area contributed by atoms with E-state index in [2.05, 4.69) is 0 Å². The van der Waals surface area contributed by atoms with E-state index in [4.69, 9.17) is 0 Å². The molecule has 146 valence electrons. The minimum atomic E-state index is -3.66. The topological polar surface area (TPSA) is 76.4 Å². The number of hydrogen-bond acceptors (Lipinski definition) is 4. The number of rotatable bonds is 5. The van der Waals surface area contributed by atoms with Crippen LogP contribution in [-0.2, 0) is 21.2 Å². The van der Waals surface area contributed by atoms with E-state index in [0.717, 1.165) is 34.2 Å². The second-order valence-corrected chi connectivity index (χ2v) is 10.1. The van der Waals surface area contributed by atoms with Crippen molar-refractivity contribution in [2.45, 2.75) is 55.4 Å². The van der Waals surface area contributed by atoms with Gasteiger partial charge in [0.2, 0.25) is 0 Å². The third-order valence-corrected chi connectivity index (χ3v) is 7.19. The molecule has 0 fully saturated rings. The van der Waals surface area contributed by atoms with E-state index in [1.807, 2.05) is 24.5 Å². The van der Waals surface area contributed by atoms with Crippen LogP contribution < -0.4 is 0 Å². The van der Waals surface area contributed by atoms with Crippen LogP contribution in [0.3, 0.4) is 0 Å². The third kappa shape index (κ3) is 3.78. The van der Waals surface area contributed by atoms with Crippen molar-refractivity contribution >= 4 is 38.5 Å². The molecule has 1 unspecified atom stereocenters. The lowest BCUT2D eigenvalue weighted by molar-refractivity contribution is -0.137. The highest BCUT2D eigenvalue weighted by Gasteiger charge is 2.32. The Morgan fingerprint density at radius 1 is 1.44 bits per heavy atom. The Bertz CT molecular complexity index is 1050. The van der Waals surface area contributed by atoms with Crippen LogP contribution >= 0.6 is 11.8 Å². The lowest BCUT2D eigenvalue weighted by Gasteiger charge is -2.25. The van der Waals surface area contributed by atoms with Crippen LogP contribution in [0, 0.1) is 5.82 Å². The van der Waals surface area contributed by atoms with Crippen molar-refractivity contribution in [3.8, 4) is 0 Å². The zero-order chi connectivity index (χ0) is 19.9. The Balaban J connectivity index is 2.43. The summed E-state index contributed by atoms with van der Waals surface area (Å²) in [6.07, 6.45) is 4.44. The summed E-state index contributed by atoms with van der Waals surface area (Å²) in [5.74, 6) is -1.74. The lowest BCUT2D eigenvalue weighted by Crippen LogP contribution is -2.18. The monoisotopic (exact) mass is 411 g/mol. The van der Waals surface area contributed by atoms with Gasteiger partial charge in [-0.2, -0.15) is 0 Å². The summed E-state index contributed by atoms with van der Waals surface area (Å²) < 4.78 is 40.9. The number of allylic oxidation sites excluding steroid dienone is 2. The van der Waals surface area contributed by atoms with Gasteiger partial charge in [0.15, 0.2) is 9.84 Å². The molecule has 2 heterocycles. The fourth-order valence-electron chi connectivity index (χ4n) is 3.69. The maximum absolute atomic E-state index is 14.3. The first-order valence-electron chi connectivity index (χ1n) is 8.71. The van der Waals surface area contributed by atoms with Gasteiger partial charge in [-0.15, -0.1) is 0 Å². The number of carboxylic acid groups (broad SMARTS) is 1. The van der Waals surface area contributed by atoms with Crippen molar-refractivity contribution in [3.05, 3.63) is 34.6 Å². The van der Waals surface area contributed by atoms with Crippen molar-refractivity contribution in [2.75, 3.05) is 6.26 Å². The number of thioether (sulfide) groups is 1. The van der Waals surface area contributed by atoms with Gasteiger partial charge in [-0.05, 0) is 43.7 Å². The van der Waals surface area contributed by atoms with Gasteiger partial charge in [-0.25, -0.2) is 12.8 Å². The van der Waals surface area contributed by atoms with E-state index < -0.39 is 21.6 Å². The summed E-state index contributed by atoms with van der Waals surface area (Å²) in [5.41, 5.74) is 1.33. The van der Waals surface area contributed by atoms with E-state index in [1.54, 1.807) is 0 Å². The summed E-state index contributed by atoms with van der Waals surface area (Å²) in [5, 5.41) is 9.83. The molecule has 1 aromatic carbocycles. The number of hydrogen-bond donors (Lipinski definition) is 1. The van der Waals surface area contributed by atoms with Crippen LogP contribution in [0.25, 0.3) is 10.9 Å². The number of aryl methyl sites for hydroxylation is 1. The van der Waals surface area contributed by atoms with Gasteiger partial charge in [0, 0.05) is 34.7 Å². The number of aromatic nitrogens is 1. The zero-order valence-corrected chi connectivity index (χ0v) is 17.1. The first kappa shape index (κ1) is 19.9. The molecule has 0 saturated heterocycles. The number of fused-ring (bicyclic) bond motifs is 3. The number of halogens is 1. The number of aliphatic carboxylic acids is 1. The molecule has 27 heavy (non-hydrogen) atoms. The molecule has 2 aromatic rings. The standard InChI is InChI=1S/C19H22FNO4S2/c1-4-11(2)26-19-17-14(9-13(20)10-15(17)27(3,24)25)21-7-5-6-12(18(19)21)8-16(22)23/h4,9-10,12H,5-8H2,1-3H3,(H,22,23)/b11-4+. The molecule has 1 aromatic heterocycles. The number of sulfone groups is 1. The molecule has 1 N–H and O–H groups in total. The molecule has 0 aliphatic carbocycles. The maximum Gasteiger partial charge on any atom is 0.304 e. The second kappa shape index (κ2) is 7.31. The van der Waals surface area contributed by atoms with Crippen molar-refractivity contribution in [1.29, 1.82) is 0 Å². The highest BCUT2D eigenvalue weighted by Crippen LogP contribution is 2.47. The predicted octanol–water partition coefficient (Wildman–Crippen LogP) is 4.55. The van der Waals surface area contributed by atoms with Crippen LogP contribution in [0.1, 0.15) is 44.7 Å². The molecule has 1 aliphatic heterocycles. The van der Waals surface area contributed by atoms with Crippen molar-refractivity contribution in [1.82, 2.24) is 4.57 Å². The largest absolute Gasteiger partial charge is 0.481 e. The van der Waals surface area contributed by atoms with E-state index in [0.29, 0.717) is 23.9 Å². The third-order valence-electron chi connectivity index (χ3n) is 4.90. The van der Waals surface area contributed by atoms with Crippen molar-refractivity contribution < 1.29 is 22.7 Å². The van der Waals surface area contributed by atoms with Crippen molar-refractivity contribution in [2.24, 2.45) is 0 Å². The zero-order valence-electron chi connectivity index (χ0n) is 15.5. The average Bonchev–Trinajstić information content (AvgIpc) is 2.87. The Hall–Kier alpha value is -1.80. The smallest absolute Gasteiger partial charge is 0.304 e.